The first kappa shape index (κ1) is 28.7. The van der Waals surface area contributed by atoms with E-state index in [1.165, 1.54) is 29.2 Å². The van der Waals surface area contributed by atoms with Crippen molar-refractivity contribution in [3.63, 3.8) is 0 Å². The van der Waals surface area contributed by atoms with Gasteiger partial charge in [0.05, 0.1) is 16.5 Å². The Morgan fingerprint density at radius 3 is 2.60 bits per heavy atom. The highest BCUT2D eigenvalue weighted by Crippen LogP contribution is 2.31. The lowest BCUT2D eigenvalue weighted by atomic mass is 9.72. The van der Waals surface area contributed by atoms with Crippen molar-refractivity contribution in [1.82, 2.24) is 20.4 Å². The number of aromatic hydroxyl groups is 1. The minimum atomic E-state index is -1.64. The Kier molecular flexibility index (Phi) is 8.47. The lowest BCUT2D eigenvalue weighted by molar-refractivity contribution is -0.153. The Balaban J connectivity index is 1.57. The number of fused-ring (bicyclic) bond motifs is 1. The number of carbonyl (C=O) groups is 5. The Bertz CT molecular complexity index is 1380. The maximum absolute atomic E-state index is 13.5. The molecule has 0 aromatic heterocycles. The van der Waals surface area contributed by atoms with Gasteiger partial charge < -0.3 is 41.2 Å². The second-order valence-corrected chi connectivity index (χ2v) is 9.46. The zero-order chi connectivity index (χ0) is 29.1. The second kappa shape index (κ2) is 11.8. The summed E-state index contributed by atoms with van der Waals surface area (Å²) in [6.45, 7) is 0.171. The Morgan fingerprint density at radius 1 is 1.18 bits per heavy atom. The number of hydrogen-bond donors (Lipinski definition) is 6. The van der Waals surface area contributed by atoms with Crippen molar-refractivity contribution in [2.45, 2.75) is 18.4 Å². The van der Waals surface area contributed by atoms with Crippen molar-refractivity contribution in [3.05, 3.63) is 58.1 Å². The first-order chi connectivity index (χ1) is 19.0. The number of carboxylic acid groups (broad SMARTS) is 1. The molecule has 40 heavy (non-hydrogen) atoms. The van der Waals surface area contributed by atoms with Gasteiger partial charge in [0, 0.05) is 31.7 Å². The lowest BCUT2D eigenvalue weighted by Crippen LogP contribution is -2.60. The van der Waals surface area contributed by atoms with Crippen molar-refractivity contribution in [2.75, 3.05) is 26.2 Å². The summed E-state index contributed by atoms with van der Waals surface area (Å²) >= 11 is 6.25. The lowest BCUT2D eigenvalue weighted by Gasteiger charge is -2.33. The van der Waals surface area contributed by atoms with Crippen LogP contribution in [0.2, 0.25) is 5.02 Å². The summed E-state index contributed by atoms with van der Waals surface area (Å²) in [6.07, 6.45) is -0.0105. The number of amides is 5. The average Bonchev–Trinajstić information content (AvgIpc) is 2.90. The molecule has 4 rings (SSSR count). The zero-order valence-electron chi connectivity index (χ0n) is 20.9. The summed E-state index contributed by atoms with van der Waals surface area (Å²) in [5.74, 6) is -5.45. The van der Waals surface area contributed by atoms with E-state index >= 15 is 0 Å². The molecular weight excluding hydrogens is 549 g/mol. The van der Waals surface area contributed by atoms with Crippen LogP contribution in [0.15, 0.2) is 36.4 Å². The van der Waals surface area contributed by atoms with Crippen LogP contribution >= 0.6 is 11.6 Å². The fourth-order valence-corrected chi connectivity index (χ4v) is 4.74. The van der Waals surface area contributed by atoms with E-state index in [1.54, 1.807) is 6.07 Å². The van der Waals surface area contributed by atoms with Crippen molar-refractivity contribution < 1.29 is 43.9 Å². The van der Waals surface area contributed by atoms with E-state index in [0.717, 1.165) is 6.07 Å². The first-order valence-corrected chi connectivity index (χ1v) is 12.5. The van der Waals surface area contributed by atoms with Crippen molar-refractivity contribution in [3.8, 4) is 11.5 Å². The van der Waals surface area contributed by atoms with Gasteiger partial charge in [0.2, 0.25) is 5.91 Å². The van der Waals surface area contributed by atoms with E-state index in [-0.39, 0.29) is 60.2 Å². The van der Waals surface area contributed by atoms with Crippen LogP contribution in [-0.4, -0.2) is 94.0 Å². The number of urea groups is 1. The second-order valence-electron chi connectivity index (χ2n) is 9.05. The van der Waals surface area contributed by atoms with Gasteiger partial charge in [0.25, 0.3) is 0 Å². The highest BCUT2D eigenvalue weighted by molar-refractivity contribution is 6.47. The van der Waals surface area contributed by atoms with Crippen LogP contribution in [0.5, 0.6) is 11.5 Å². The van der Waals surface area contributed by atoms with Crippen molar-refractivity contribution in [2.24, 2.45) is 5.73 Å². The molecule has 0 aliphatic carbocycles. The highest BCUT2D eigenvalue weighted by Gasteiger charge is 2.41. The van der Waals surface area contributed by atoms with E-state index in [0.29, 0.717) is 10.5 Å². The van der Waals surface area contributed by atoms with Gasteiger partial charge >= 0.3 is 30.9 Å². The number of carbonyl (C=O) groups excluding carboxylic acids is 4. The van der Waals surface area contributed by atoms with Crippen LogP contribution in [0.1, 0.15) is 27.5 Å². The molecule has 16 heteroatoms. The van der Waals surface area contributed by atoms with E-state index in [4.69, 9.17) is 22.0 Å². The molecule has 1 fully saturated rings. The number of nitrogens with one attached hydrogen (secondary N) is 2. The number of piperazine rings is 1. The molecule has 1 unspecified atom stereocenters. The summed E-state index contributed by atoms with van der Waals surface area (Å²) in [4.78, 5) is 64.9. The van der Waals surface area contributed by atoms with Crippen LogP contribution in [-0.2, 0) is 20.8 Å². The predicted octanol–water partition coefficient (Wildman–Crippen LogP) is -0.736. The summed E-state index contributed by atoms with van der Waals surface area (Å²) in [6, 6.07) is 5.46. The van der Waals surface area contributed by atoms with Gasteiger partial charge in [-0.1, -0.05) is 29.8 Å². The van der Waals surface area contributed by atoms with Gasteiger partial charge in [-0.05, 0) is 30.2 Å². The molecule has 2 aliphatic heterocycles. The summed E-state index contributed by atoms with van der Waals surface area (Å²) in [7, 11) is -1.64. The number of nitrogens with two attached hydrogens (primary N) is 1. The molecule has 0 spiro atoms. The molecule has 2 aliphatic rings. The molecule has 7 N–H and O–H groups in total. The number of rotatable bonds is 7. The fraction of sp³-hybridized carbons (Fsp3) is 0.292. The van der Waals surface area contributed by atoms with Crippen LogP contribution in [0.4, 0.5) is 4.79 Å². The molecule has 2 heterocycles. The number of nitrogens with zero attached hydrogens (tertiary/aromatic N) is 2. The Hall–Kier alpha value is -4.34. The molecule has 0 radical (unpaired) electrons. The van der Waals surface area contributed by atoms with Gasteiger partial charge in [-0.2, -0.15) is 0 Å². The van der Waals surface area contributed by atoms with E-state index < -0.39 is 48.8 Å². The van der Waals surface area contributed by atoms with E-state index in [1.807, 2.05) is 0 Å². The van der Waals surface area contributed by atoms with E-state index in [2.05, 4.69) is 10.6 Å². The molecule has 1 saturated heterocycles. The fourth-order valence-electron chi connectivity index (χ4n) is 4.46. The number of para-hydroxylation sites is 1. The number of carboxylic acids is 1. The number of imide groups is 1. The predicted molar refractivity (Wildman–Crippen MR) is 139 cm³/mol. The minimum Gasteiger partial charge on any atom is -0.534 e. The molecule has 5 amide bonds. The van der Waals surface area contributed by atoms with Crippen LogP contribution < -0.4 is 21.0 Å². The molecule has 2 aromatic carbocycles. The Morgan fingerprint density at radius 2 is 1.93 bits per heavy atom. The average molecular weight is 574 g/mol. The number of aromatic carboxylic acids is 1. The molecule has 2 aromatic rings. The number of phenolic OH excluding ortho intramolecular Hbond substituents is 1. The zero-order valence-corrected chi connectivity index (χ0v) is 21.6. The Labute approximate surface area is 232 Å². The van der Waals surface area contributed by atoms with Crippen LogP contribution in [0.3, 0.4) is 0 Å². The highest BCUT2D eigenvalue weighted by atomic mass is 35.5. The van der Waals surface area contributed by atoms with E-state index in [9.17, 15) is 39.2 Å². The van der Waals surface area contributed by atoms with Gasteiger partial charge in [-0.3, -0.25) is 19.3 Å². The summed E-state index contributed by atoms with van der Waals surface area (Å²) < 4.78 is 5.40. The molecule has 2 atom stereocenters. The molecular formula is C24H25BClN5O9. The summed E-state index contributed by atoms with van der Waals surface area (Å²) in [5.41, 5.74) is 5.76. The third-order valence-corrected chi connectivity index (χ3v) is 6.78. The largest absolute Gasteiger partial charge is 0.547 e. The van der Waals surface area contributed by atoms with Gasteiger partial charge in [-0.15, -0.1) is 0 Å². The first-order valence-electron chi connectivity index (χ1n) is 12.1. The number of hydrogen-bond acceptors (Lipinski definition) is 9. The van der Waals surface area contributed by atoms with Gasteiger partial charge in [0.15, 0.2) is 0 Å². The molecule has 14 nitrogen and oxygen atoms in total. The van der Waals surface area contributed by atoms with Gasteiger partial charge in [-0.25, -0.2) is 9.59 Å². The standard InChI is InChI=1S/C24H25BClN5O9/c26-16-11-13(32)4-5-14(16)18(29-24(38)31-9-8-30(7-6-27)21(34)22(31)35)20(33)28-17-10-12-2-1-3-15(23(36)37)19(12)40-25(17)39/h1-5,11,17-18,32,39H,6-10,27H2,(H,28,33)(H,29,38)(H,36,37)/t17-,18?/m0/s1. The molecule has 0 saturated carbocycles. The van der Waals surface area contributed by atoms with Crippen LogP contribution in [0, 0.1) is 0 Å². The smallest absolute Gasteiger partial charge is 0.534 e. The van der Waals surface area contributed by atoms with Crippen molar-refractivity contribution in [1.29, 1.82) is 0 Å². The van der Waals surface area contributed by atoms with Crippen molar-refractivity contribution >= 4 is 48.4 Å². The summed E-state index contributed by atoms with van der Waals surface area (Å²) in [5, 5.41) is 34.6. The van der Waals surface area contributed by atoms with Crippen LogP contribution in [0.25, 0.3) is 0 Å². The third kappa shape index (κ3) is 5.80. The van der Waals surface area contributed by atoms with Gasteiger partial charge in [0.1, 0.15) is 17.5 Å². The SMILES string of the molecule is NCCN1CCN(C(=O)NC(C(=O)N[C@H]2Cc3cccc(C(=O)O)c3OB2O)c2ccc(O)cc2Cl)C(=O)C1=O. The number of benzene rings is 2. The molecule has 0 bridgehead atoms. The third-order valence-electron chi connectivity index (χ3n) is 6.46. The quantitative estimate of drug-likeness (QED) is 0.180. The monoisotopic (exact) mass is 573 g/mol. The molecule has 210 valence electrons. The maximum Gasteiger partial charge on any atom is 0.547 e. The minimum absolute atomic E-state index is 0.0105. The normalized spacial score (nSPS) is 17.6. The number of phenols is 1. The number of halogens is 1. The maximum atomic E-state index is 13.5. The topological polar surface area (TPSA) is 212 Å².